The second-order valence-electron chi connectivity index (χ2n) is 5.39. The predicted molar refractivity (Wildman–Crippen MR) is 77.4 cm³/mol. The van der Waals surface area contributed by atoms with Gasteiger partial charge in [-0.2, -0.15) is 0 Å². The molecule has 1 aliphatic rings. The fourth-order valence-corrected chi connectivity index (χ4v) is 2.82. The summed E-state index contributed by atoms with van der Waals surface area (Å²) in [5, 5.41) is 0.776. The van der Waals surface area contributed by atoms with E-state index >= 15 is 0 Å². The number of fused-ring (bicyclic) bond motifs is 1. The summed E-state index contributed by atoms with van der Waals surface area (Å²) in [6, 6.07) is 4.63. The number of nitrogens with zero attached hydrogens (tertiary/aromatic N) is 5. The smallest absolute Gasteiger partial charge is 0.140 e. The third-order valence-electron chi connectivity index (χ3n) is 3.86. The molecule has 6 heteroatoms. The van der Waals surface area contributed by atoms with Crippen molar-refractivity contribution in [3.8, 4) is 0 Å². The van der Waals surface area contributed by atoms with Crippen LogP contribution < -0.4 is 4.90 Å². The van der Waals surface area contributed by atoms with Gasteiger partial charge in [0, 0.05) is 43.3 Å². The molecule has 0 N–H and O–H groups in total. The summed E-state index contributed by atoms with van der Waals surface area (Å²) in [5.41, 5.74) is 0.777. The zero-order chi connectivity index (χ0) is 14.2. The molecular weight excluding hydrogens is 269 g/mol. The predicted octanol–water partition coefficient (Wildman–Crippen LogP) is 2.10. The zero-order valence-electron chi connectivity index (χ0n) is 11.4. The highest BCUT2D eigenvalue weighted by Gasteiger charge is 2.29. The van der Waals surface area contributed by atoms with Crippen molar-refractivity contribution in [3.63, 3.8) is 0 Å². The molecule has 0 unspecified atom stereocenters. The molecule has 0 amide bonds. The average Bonchev–Trinajstić information content (AvgIpc) is 2.95. The Balaban J connectivity index is 1.54. The molecule has 4 rings (SSSR count). The molecule has 5 nitrogen and oxygen atoms in total. The van der Waals surface area contributed by atoms with Gasteiger partial charge < -0.3 is 9.47 Å². The van der Waals surface area contributed by atoms with E-state index in [-0.39, 0.29) is 5.82 Å². The molecule has 0 radical (unpaired) electrons. The summed E-state index contributed by atoms with van der Waals surface area (Å²) >= 11 is 0. The third kappa shape index (κ3) is 2.22. The summed E-state index contributed by atoms with van der Waals surface area (Å²) in [6.45, 7) is 2.79. The molecular formula is C15H14FN5. The highest BCUT2D eigenvalue weighted by molar-refractivity contribution is 5.89. The lowest BCUT2D eigenvalue weighted by molar-refractivity contribution is 0.356. The van der Waals surface area contributed by atoms with Gasteiger partial charge in [-0.25, -0.2) is 19.3 Å². The van der Waals surface area contributed by atoms with E-state index in [1.807, 2.05) is 12.5 Å². The summed E-state index contributed by atoms with van der Waals surface area (Å²) in [7, 11) is 0. The van der Waals surface area contributed by atoms with E-state index in [0.717, 1.165) is 36.4 Å². The van der Waals surface area contributed by atoms with Crippen molar-refractivity contribution in [3.05, 3.63) is 49.1 Å². The van der Waals surface area contributed by atoms with Crippen molar-refractivity contribution in [2.75, 3.05) is 18.0 Å². The van der Waals surface area contributed by atoms with Crippen LogP contribution in [0.2, 0.25) is 0 Å². The molecule has 1 aliphatic heterocycles. The van der Waals surface area contributed by atoms with Gasteiger partial charge in [-0.05, 0) is 18.2 Å². The molecule has 21 heavy (non-hydrogen) atoms. The molecule has 0 aliphatic carbocycles. The first kappa shape index (κ1) is 12.3. The minimum absolute atomic E-state index is 0.256. The SMILES string of the molecule is Fc1ccc2ncnc(N3CC(Cn4ccnc4)C3)c2c1. The van der Waals surface area contributed by atoms with Crippen molar-refractivity contribution in [1.82, 2.24) is 19.5 Å². The number of anilines is 1. The van der Waals surface area contributed by atoms with Crippen LogP contribution in [0.4, 0.5) is 10.2 Å². The number of benzene rings is 1. The van der Waals surface area contributed by atoms with Crippen LogP contribution in [0.5, 0.6) is 0 Å². The molecule has 1 aromatic carbocycles. The number of hydrogen-bond donors (Lipinski definition) is 0. The number of halogens is 1. The van der Waals surface area contributed by atoms with Gasteiger partial charge in [-0.1, -0.05) is 0 Å². The zero-order valence-corrected chi connectivity index (χ0v) is 11.4. The van der Waals surface area contributed by atoms with Gasteiger partial charge in [-0.3, -0.25) is 0 Å². The van der Waals surface area contributed by atoms with Crippen LogP contribution in [0.25, 0.3) is 10.9 Å². The molecule has 1 fully saturated rings. The monoisotopic (exact) mass is 283 g/mol. The first-order valence-electron chi connectivity index (χ1n) is 6.90. The standard InChI is InChI=1S/C15H14FN5/c16-12-1-2-14-13(5-12)15(19-9-18-14)21-7-11(8-21)6-20-4-3-17-10-20/h1-5,9-11H,6-8H2. The molecule has 2 aromatic heterocycles. The molecule has 0 bridgehead atoms. The van der Waals surface area contributed by atoms with Crippen LogP contribution in [0.3, 0.4) is 0 Å². The number of imidazole rings is 1. The molecule has 3 heterocycles. The van der Waals surface area contributed by atoms with Crippen LogP contribution in [-0.2, 0) is 6.54 Å². The van der Waals surface area contributed by atoms with Crippen LogP contribution in [-0.4, -0.2) is 32.6 Å². The van der Waals surface area contributed by atoms with Crippen molar-refractivity contribution in [2.45, 2.75) is 6.54 Å². The van der Waals surface area contributed by atoms with Gasteiger partial charge in [0.05, 0.1) is 11.8 Å². The highest BCUT2D eigenvalue weighted by atomic mass is 19.1. The van der Waals surface area contributed by atoms with E-state index < -0.39 is 0 Å². The Bertz CT molecular complexity index is 765. The lowest BCUT2D eigenvalue weighted by Gasteiger charge is -2.40. The van der Waals surface area contributed by atoms with E-state index in [9.17, 15) is 4.39 Å². The molecule has 3 aromatic rings. The fourth-order valence-electron chi connectivity index (χ4n) is 2.82. The maximum absolute atomic E-state index is 13.4. The van der Waals surface area contributed by atoms with Gasteiger partial charge in [0.15, 0.2) is 0 Å². The Morgan fingerprint density at radius 2 is 2.14 bits per heavy atom. The second kappa shape index (κ2) is 4.80. The summed E-state index contributed by atoms with van der Waals surface area (Å²) < 4.78 is 15.5. The summed E-state index contributed by atoms with van der Waals surface area (Å²) in [4.78, 5) is 14.7. The maximum Gasteiger partial charge on any atom is 0.140 e. The van der Waals surface area contributed by atoms with Crippen LogP contribution in [0, 0.1) is 11.7 Å². The Kier molecular flexibility index (Phi) is 2.80. The number of aromatic nitrogens is 4. The Hall–Kier alpha value is -2.50. The topological polar surface area (TPSA) is 46.8 Å². The van der Waals surface area contributed by atoms with Gasteiger partial charge in [0.1, 0.15) is 18.0 Å². The largest absolute Gasteiger partial charge is 0.355 e. The minimum atomic E-state index is -0.256. The minimum Gasteiger partial charge on any atom is -0.355 e. The highest BCUT2D eigenvalue weighted by Crippen LogP contribution is 2.29. The normalized spacial score (nSPS) is 15.4. The summed E-state index contributed by atoms with van der Waals surface area (Å²) in [6.07, 6.45) is 7.13. The van der Waals surface area contributed by atoms with Crippen LogP contribution in [0.15, 0.2) is 43.2 Å². The third-order valence-corrected chi connectivity index (χ3v) is 3.86. The van der Waals surface area contributed by atoms with E-state index in [1.165, 1.54) is 12.1 Å². The molecule has 0 saturated carbocycles. The van der Waals surface area contributed by atoms with E-state index in [1.54, 1.807) is 18.6 Å². The lowest BCUT2D eigenvalue weighted by Crippen LogP contribution is -2.49. The first-order chi connectivity index (χ1) is 10.3. The average molecular weight is 283 g/mol. The number of rotatable bonds is 3. The van der Waals surface area contributed by atoms with Gasteiger partial charge in [-0.15, -0.1) is 0 Å². The summed E-state index contributed by atoms with van der Waals surface area (Å²) in [5.74, 6) is 1.13. The van der Waals surface area contributed by atoms with Gasteiger partial charge in [0.2, 0.25) is 0 Å². The lowest BCUT2D eigenvalue weighted by atomic mass is 9.99. The van der Waals surface area contributed by atoms with Crippen LogP contribution >= 0.6 is 0 Å². The van der Waals surface area contributed by atoms with Crippen molar-refractivity contribution < 1.29 is 4.39 Å². The van der Waals surface area contributed by atoms with Crippen molar-refractivity contribution in [2.24, 2.45) is 5.92 Å². The Morgan fingerprint density at radius 1 is 1.24 bits per heavy atom. The number of hydrogen-bond acceptors (Lipinski definition) is 4. The molecule has 106 valence electrons. The molecule has 0 atom stereocenters. The van der Waals surface area contributed by atoms with E-state index in [2.05, 4.69) is 24.4 Å². The van der Waals surface area contributed by atoms with E-state index in [4.69, 9.17) is 0 Å². The molecule has 1 saturated heterocycles. The second-order valence-corrected chi connectivity index (χ2v) is 5.39. The molecule has 0 spiro atoms. The van der Waals surface area contributed by atoms with Gasteiger partial charge >= 0.3 is 0 Å². The fraction of sp³-hybridized carbons (Fsp3) is 0.267. The quantitative estimate of drug-likeness (QED) is 0.738. The Morgan fingerprint density at radius 3 is 2.95 bits per heavy atom. The van der Waals surface area contributed by atoms with Gasteiger partial charge in [0.25, 0.3) is 0 Å². The van der Waals surface area contributed by atoms with Crippen molar-refractivity contribution >= 4 is 16.7 Å². The first-order valence-corrected chi connectivity index (χ1v) is 6.90. The Labute approximate surface area is 121 Å². The van der Waals surface area contributed by atoms with Crippen molar-refractivity contribution in [1.29, 1.82) is 0 Å². The van der Waals surface area contributed by atoms with E-state index in [0.29, 0.717) is 5.92 Å². The maximum atomic E-state index is 13.4. The van der Waals surface area contributed by atoms with Crippen LogP contribution in [0.1, 0.15) is 0 Å².